The highest BCUT2D eigenvalue weighted by molar-refractivity contribution is 6.30. The van der Waals surface area contributed by atoms with Crippen molar-refractivity contribution in [1.29, 1.82) is 0 Å². The Morgan fingerprint density at radius 1 is 1.22 bits per heavy atom. The maximum Gasteiger partial charge on any atom is 0.341 e. The van der Waals surface area contributed by atoms with Gasteiger partial charge >= 0.3 is 5.97 Å². The summed E-state index contributed by atoms with van der Waals surface area (Å²) in [6.07, 6.45) is 2.29. The summed E-state index contributed by atoms with van der Waals surface area (Å²) in [6.45, 7) is 5.19. The minimum Gasteiger partial charge on any atom is -0.482 e. The number of carbonyl (C=O) groups is 2. The maximum absolute atomic E-state index is 12.0. The first-order valence-corrected chi connectivity index (χ1v) is 11.2. The number of nitrogens with one attached hydrogen (secondary N) is 1. The van der Waals surface area contributed by atoms with Crippen LogP contribution in [0.15, 0.2) is 42.5 Å². The number of hydrogen-bond acceptors (Lipinski definition) is 4. The molecule has 1 fully saturated rings. The molecule has 0 saturated carbocycles. The van der Waals surface area contributed by atoms with Gasteiger partial charge in [0.2, 0.25) is 5.91 Å². The highest BCUT2D eigenvalue weighted by Crippen LogP contribution is 2.46. The van der Waals surface area contributed by atoms with Crippen LogP contribution in [0.4, 0.5) is 0 Å². The molecule has 172 valence electrons. The van der Waals surface area contributed by atoms with Gasteiger partial charge < -0.3 is 19.9 Å². The maximum atomic E-state index is 12.0. The lowest BCUT2D eigenvalue weighted by atomic mass is 9.81. The van der Waals surface area contributed by atoms with Gasteiger partial charge in [-0.25, -0.2) is 4.79 Å². The lowest BCUT2D eigenvalue weighted by Gasteiger charge is -2.43. The lowest BCUT2D eigenvalue weighted by Crippen LogP contribution is -2.50. The van der Waals surface area contributed by atoms with E-state index in [-0.39, 0.29) is 12.0 Å². The number of carboxylic acids is 1. The van der Waals surface area contributed by atoms with Crippen LogP contribution in [0.2, 0.25) is 5.02 Å². The molecule has 2 aromatic rings. The molecule has 1 aliphatic rings. The fraction of sp³-hybridized carbons (Fsp3) is 0.440. The van der Waals surface area contributed by atoms with Gasteiger partial charge in [0.05, 0.1) is 12.2 Å². The minimum absolute atomic E-state index is 0.111. The zero-order valence-electron chi connectivity index (χ0n) is 18.7. The van der Waals surface area contributed by atoms with E-state index in [2.05, 4.69) is 12.2 Å². The molecule has 1 amide bonds. The second-order valence-corrected chi connectivity index (χ2v) is 9.06. The Hall–Kier alpha value is -2.57. The summed E-state index contributed by atoms with van der Waals surface area (Å²) < 4.78 is 12.1. The van der Waals surface area contributed by atoms with Gasteiger partial charge in [-0.05, 0) is 48.7 Å². The van der Waals surface area contributed by atoms with Crippen molar-refractivity contribution in [2.75, 3.05) is 6.61 Å². The average molecular weight is 460 g/mol. The third-order valence-corrected chi connectivity index (χ3v) is 5.84. The summed E-state index contributed by atoms with van der Waals surface area (Å²) in [5.41, 5.74) is 2.32. The van der Waals surface area contributed by atoms with E-state index in [0.29, 0.717) is 23.6 Å². The van der Waals surface area contributed by atoms with Gasteiger partial charge in [-0.3, -0.25) is 4.79 Å². The summed E-state index contributed by atoms with van der Waals surface area (Å²) >= 11 is 6.22. The zero-order chi connectivity index (χ0) is 23.3. The molecular weight excluding hydrogens is 430 g/mol. The van der Waals surface area contributed by atoms with Gasteiger partial charge in [0, 0.05) is 35.9 Å². The first-order valence-electron chi connectivity index (χ1n) is 10.9. The molecule has 0 aliphatic carbocycles. The van der Waals surface area contributed by atoms with E-state index >= 15 is 0 Å². The molecule has 2 aromatic carbocycles. The summed E-state index contributed by atoms with van der Waals surface area (Å²) in [5.74, 6) is -0.674. The minimum atomic E-state index is -1.04. The Morgan fingerprint density at radius 3 is 2.62 bits per heavy atom. The Bertz CT molecular complexity index is 979. The third-order valence-electron chi connectivity index (χ3n) is 5.61. The van der Waals surface area contributed by atoms with Crippen molar-refractivity contribution >= 4 is 23.5 Å². The topological polar surface area (TPSA) is 84.9 Å². The first-order chi connectivity index (χ1) is 15.2. The third kappa shape index (κ3) is 6.24. The average Bonchev–Trinajstić information content (AvgIpc) is 2.71. The number of benzene rings is 2. The number of aliphatic carboxylic acids is 1. The number of carbonyl (C=O) groups excluding carboxylic acids is 1. The van der Waals surface area contributed by atoms with Gasteiger partial charge in [-0.1, -0.05) is 43.1 Å². The van der Waals surface area contributed by atoms with Crippen molar-refractivity contribution in [2.45, 2.75) is 64.2 Å². The number of halogens is 1. The highest BCUT2D eigenvalue weighted by atomic mass is 35.5. The summed E-state index contributed by atoms with van der Waals surface area (Å²) in [7, 11) is 0. The van der Waals surface area contributed by atoms with Crippen molar-refractivity contribution in [3.63, 3.8) is 0 Å². The predicted octanol–water partition coefficient (Wildman–Crippen LogP) is 5.24. The van der Waals surface area contributed by atoms with Crippen molar-refractivity contribution in [3.8, 4) is 5.75 Å². The largest absolute Gasteiger partial charge is 0.482 e. The molecule has 3 atom stereocenters. The van der Waals surface area contributed by atoms with E-state index in [0.717, 1.165) is 29.5 Å². The SMILES string of the molecule is CCCc1ccc(OCC(=O)O)c([C@H]2C[C@@](C)(NC(C)=O)C[C@@H](c3cccc(Cl)c3)O2)c1. The second kappa shape index (κ2) is 10.4. The number of amides is 1. The van der Waals surface area contributed by atoms with Crippen LogP contribution in [0, 0.1) is 0 Å². The van der Waals surface area contributed by atoms with E-state index in [1.807, 2.05) is 49.4 Å². The Balaban J connectivity index is 2.02. The van der Waals surface area contributed by atoms with Crippen LogP contribution in [0.25, 0.3) is 0 Å². The molecule has 0 radical (unpaired) electrons. The van der Waals surface area contributed by atoms with Gasteiger partial charge in [0.25, 0.3) is 0 Å². The number of carboxylic acid groups (broad SMARTS) is 1. The van der Waals surface area contributed by atoms with Crippen molar-refractivity contribution in [2.24, 2.45) is 0 Å². The summed E-state index contributed by atoms with van der Waals surface area (Å²) in [4.78, 5) is 23.1. The Labute approximate surface area is 193 Å². The van der Waals surface area contributed by atoms with Crippen LogP contribution in [-0.2, 0) is 20.7 Å². The molecule has 1 aliphatic heterocycles. The van der Waals surface area contributed by atoms with Crippen molar-refractivity contribution in [1.82, 2.24) is 5.32 Å². The highest BCUT2D eigenvalue weighted by Gasteiger charge is 2.41. The molecule has 3 rings (SSSR count). The van der Waals surface area contributed by atoms with Gasteiger partial charge in [0.1, 0.15) is 5.75 Å². The smallest absolute Gasteiger partial charge is 0.341 e. The molecule has 2 N–H and O–H groups in total. The first kappa shape index (κ1) is 24.1. The fourth-order valence-corrected chi connectivity index (χ4v) is 4.57. The van der Waals surface area contributed by atoms with E-state index in [9.17, 15) is 9.59 Å². The molecule has 0 unspecified atom stereocenters. The normalized spacial score (nSPS) is 22.9. The van der Waals surface area contributed by atoms with Crippen molar-refractivity contribution in [3.05, 3.63) is 64.2 Å². The monoisotopic (exact) mass is 459 g/mol. The van der Waals surface area contributed by atoms with E-state index < -0.39 is 24.2 Å². The lowest BCUT2D eigenvalue weighted by molar-refractivity contribution is -0.139. The van der Waals surface area contributed by atoms with Gasteiger partial charge in [-0.2, -0.15) is 0 Å². The van der Waals surface area contributed by atoms with Crippen molar-refractivity contribution < 1.29 is 24.2 Å². The number of aryl methyl sites for hydroxylation is 1. The Kier molecular flexibility index (Phi) is 7.80. The number of rotatable bonds is 8. The number of hydrogen-bond donors (Lipinski definition) is 2. The standard InChI is InChI=1S/C25H30ClNO5/c1-4-6-17-9-10-21(31-15-24(29)30)20(11-17)23-14-25(3,27-16(2)28)13-22(32-23)18-7-5-8-19(26)12-18/h5,7-12,22-23H,4,6,13-15H2,1-3H3,(H,27,28)(H,29,30)/t22-,23+,25-/m0/s1. The molecule has 32 heavy (non-hydrogen) atoms. The van der Waals surface area contributed by atoms with Crippen LogP contribution in [0.5, 0.6) is 5.75 Å². The molecule has 6 nitrogen and oxygen atoms in total. The van der Waals surface area contributed by atoms with Crippen LogP contribution in [0.3, 0.4) is 0 Å². The quantitative estimate of drug-likeness (QED) is 0.563. The van der Waals surface area contributed by atoms with Gasteiger partial charge in [-0.15, -0.1) is 0 Å². The Morgan fingerprint density at radius 2 is 1.97 bits per heavy atom. The molecule has 0 spiro atoms. The number of ether oxygens (including phenoxy) is 2. The van der Waals surface area contributed by atoms with E-state index in [1.54, 1.807) is 0 Å². The molecule has 1 saturated heterocycles. The van der Waals surface area contributed by atoms with Crippen LogP contribution in [-0.4, -0.2) is 29.1 Å². The van der Waals surface area contributed by atoms with Gasteiger partial charge in [0.15, 0.2) is 6.61 Å². The zero-order valence-corrected chi connectivity index (χ0v) is 19.4. The molecule has 0 aromatic heterocycles. The predicted molar refractivity (Wildman–Crippen MR) is 123 cm³/mol. The van der Waals surface area contributed by atoms with E-state index in [4.69, 9.17) is 26.2 Å². The van der Waals surface area contributed by atoms with Crippen LogP contribution in [0.1, 0.15) is 68.9 Å². The molecule has 1 heterocycles. The molecular formula is C25H30ClNO5. The molecule has 0 bridgehead atoms. The van der Waals surface area contributed by atoms with E-state index in [1.165, 1.54) is 6.92 Å². The summed E-state index contributed by atoms with van der Waals surface area (Å²) in [6, 6.07) is 13.3. The second-order valence-electron chi connectivity index (χ2n) is 8.62. The van der Waals surface area contributed by atoms with Crippen LogP contribution >= 0.6 is 11.6 Å². The van der Waals surface area contributed by atoms with Crippen LogP contribution < -0.4 is 10.1 Å². The summed E-state index contributed by atoms with van der Waals surface area (Å²) in [5, 5.41) is 12.8. The molecule has 7 heteroatoms. The fourth-order valence-electron chi connectivity index (χ4n) is 4.37.